The van der Waals surface area contributed by atoms with Crippen LogP contribution in [-0.2, 0) is 0 Å². The minimum absolute atomic E-state index is 0.190. The predicted octanol–water partition coefficient (Wildman–Crippen LogP) is 11.0. The summed E-state index contributed by atoms with van der Waals surface area (Å²) in [4.78, 5) is 2.48. The van der Waals surface area contributed by atoms with E-state index in [1.165, 1.54) is 11.3 Å². The molecule has 0 N–H and O–H groups in total. The third kappa shape index (κ3) is 5.15. The molecule has 0 bridgehead atoms. The zero-order valence-corrected chi connectivity index (χ0v) is 28.8. The number of allylic oxidation sites excluding steroid dienone is 5. The van der Waals surface area contributed by atoms with Crippen molar-refractivity contribution >= 4 is 22.2 Å². The van der Waals surface area contributed by atoms with Gasteiger partial charge in [0.1, 0.15) is 6.07 Å². The topological polar surface area (TPSA) is 79.5 Å². The second-order valence-electron chi connectivity index (χ2n) is 12.9. The van der Waals surface area contributed by atoms with Crippen LogP contribution >= 0.6 is 0 Å². The zero-order chi connectivity index (χ0) is 34.9. The Morgan fingerprint density at radius 1 is 0.800 bits per heavy atom. The lowest BCUT2D eigenvalue weighted by atomic mass is 9.84. The van der Waals surface area contributed by atoms with Gasteiger partial charge in [0.15, 0.2) is 0 Å². The number of aromatic nitrogens is 1. The van der Waals surface area contributed by atoms with Crippen molar-refractivity contribution in [3.05, 3.63) is 149 Å². The molecule has 0 spiro atoms. The summed E-state index contributed by atoms with van der Waals surface area (Å²) in [6.07, 6.45) is 9.99. The molecule has 5 nitrogen and oxygen atoms in total. The first-order chi connectivity index (χ1) is 24.4. The van der Waals surface area contributed by atoms with Gasteiger partial charge in [0.25, 0.3) is 0 Å². The molecule has 0 fully saturated rings. The fourth-order valence-corrected chi connectivity index (χ4v) is 8.06. The average Bonchev–Trinajstić information content (AvgIpc) is 3.61. The van der Waals surface area contributed by atoms with Crippen molar-refractivity contribution in [1.29, 1.82) is 15.8 Å². The SMILES string of the molecule is C/C=C\C1=C(C)C2C=C(C#N)CCC2N1c1ccccc1-c1cccc(-c2cccc(-n3c(C)c(/C(C#N)=C\C)c4ccccc43)c2C#N)c1. The number of para-hydroxylation sites is 2. The summed E-state index contributed by atoms with van der Waals surface area (Å²) in [7, 11) is 0. The molecule has 2 atom stereocenters. The molecule has 0 radical (unpaired) electrons. The van der Waals surface area contributed by atoms with Crippen molar-refractivity contribution in [1.82, 2.24) is 4.57 Å². The number of hydrogen-bond donors (Lipinski definition) is 0. The standard InChI is InChI=1S/C45H37N5/c1-5-13-40-29(3)38-24-31(26-46)22-23-44(38)50(40)41-19-9-7-16-36(41)34-15-11-14-33(25-34)35-18-12-21-43(39(35)28-48)49-30(4)45(32(6-2)27-47)37-17-8-10-20-42(37)49/h5-21,24-25,38,44H,22-23H2,1-4H3/b13-5-,32-6-. The number of nitriles is 3. The minimum atomic E-state index is 0.190. The summed E-state index contributed by atoms with van der Waals surface area (Å²) in [6, 6.07) is 38.7. The average molecular weight is 648 g/mol. The predicted molar refractivity (Wildman–Crippen MR) is 203 cm³/mol. The summed E-state index contributed by atoms with van der Waals surface area (Å²) >= 11 is 0. The van der Waals surface area contributed by atoms with E-state index >= 15 is 0 Å². The number of hydrogen-bond acceptors (Lipinski definition) is 4. The molecular formula is C45H37N5. The van der Waals surface area contributed by atoms with Gasteiger partial charge in [-0.2, -0.15) is 15.8 Å². The highest BCUT2D eigenvalue weighted by molar-refractivity contribution is 5.99. The van der Waals surface area contributed by atoms with Gasteiger partial charge in [-0.15, -0.1) is 0 Å². The van der Waals surface area contributed by atoms with Gasteiger partial charge in [0, 0.05) is 56.7 Å². The Morgan fingerprint density at radius 3 is 2.24 bits per heavy atom. The second kappa shape index (κ2) is 13.3. The van der Waals surface area contributed by atoms with Crippen LogP contribution in [0.25, 0.3) is 44.4 Å². The summed E-state index contributed by atoms with van der Waals surface area (Å²) in [5, 5.41) is 31.4. The molecule has 5 heteroatoms. The fraction of sp³-hybridized carbons (Fsp3) is 0.178. The monoisotopic (exact) mass is 647 g/mol. The number of fused-ring (bicyclic) bond motifs is 2. The van der Waals surface area contributed by atoms with Crippen LogP contribution in [0.4, 0.5) is 5.69 Å². The molecule has 4 aromatic carbocycles. The van der Waals surface area contributed by atoms with Gasteiger partial charge in [0.2, 0.25) is 0 Å². The molecule has 2 aliphatic rings. The quantitative estimate of drug-likeness (QED) is 0.172. The molecular weight excluding hydrogens is 611 g/mol. The molecule has 0 saturated heterocycles. The first-order valence-corrected chi connectivity index (χ1v) is 17.1. The van der Waals surface area contributed by atoms with Crippen LogP contribution in [0, 0.1) is 46.8 Å². The Kier molecular flexibility index (Phi) is 8.55. The van der Waals surface area contributed by atoms with E-state index in [1.54, 1.807) is 0 Å². The first-order valence-electron chi connectivity index (χ1n) is 17.1. The maximum absolute atomic E-state index is 10.7. The van der Waals surface area contributed by atoms with Crippen LogP contribution in [0.1, 0.15) is 50.4 Å². The largest absolute Gasteiger partial charge is 0.337 e. The second-order valence-corrected chi connectivity index (χ2v) is 12.9. The summed E-state index contributed by atoms with van der Waals surface area (Å²) in [6.45, 7) is 8.15. The molecule has 0 saturated carbocycles. The van der Waals surface area contributed by atoms with Crippen molar-refractivity contribution in [2.45, 2.75) is 46.6 Å². The van der Waals surface area contributed by atoms with E-state index in [9.17, 15) is 15.8 Å². The van der Waals surface area contributed by atoms with Gasteiger partial charge < -0.3 is 9.47 Å². The van der Waals surface area contributed by atoms with E-state index in [4.69, 9.17) is 0 Å². The molecule has 7 rings (SSSR count). The van der Waals surface area contributed by atoms with Crippen molar-refractivity contribution in [3.8, 4) is 46.1 Å². The lowest BCUT2D eigenvalue weighted by Crippen LogP contribution is -2.35. The fourth-order valence-electron chi connectivity index (χ4n) is 8.06. The lowest BCUT2D eigenvalue weighted by Gasteiger charge is -2.35. The van der Waals surface area contributed by atoms with Gasteiger partial charge in [-0.25, -0.2) is 0 Å². The van der Waals surface area contributed by atoms with Crippen molar-refractivity contribution in [2.75, 3.05) is 4.90 Å². The maximum atomic E-state index is 10.7. The van der Waals surface area contributed by atoms with E-state index in [-0.39, 0.29) is 12.0 Å². The van der Waals surface area contributed by atoms with E-state index in [1.807, 2.05) is 62.4 Å². The molecule has 2 heterocycles. The molecule has 2 unspecified atom stereocenters. The number of anilines is 1. The van der Waals surface area contributed by atoms with Crippen LogP contribution in [0.5, 0.6) is 0 Å². The van der Waals surface area contributed by atoms with E-state index in [0.717, 1.165) is 74.2 Å². The highest BCUT2D eigenvalue weighted by Crippen LogP contribution is 2.47. The number of benzene rings is 4. The van der Waals surface area contributed by atoms with Crippen LogP contribution in [0.3, 0.4) is 0 Å². The van der Waals surface area contributed by atoms with Gasteiger partial charge in [0.05, 0.1) is 34.5 Å². The molecule has 50 heavy (non-hydrogen) atoms. The molecule has 1 aliphatic heterocycles. The summed E-state index contributed by atoms with van der Waals surface area (Å²) in [5.41, 5.74) is 13.2. The van der Waals surface area contributed by atoms with Crippen LogP contribution in [0.2, 0.25) is 0 Å². The highest BCUT2D eigenvalue weighted by atomic mass is 15.2. The Labute approximate surface area is 294 Å². The normalized spacial score (nSPS) is 17.4. The molecule has 5 aromatic rings. The lowest BCUT2D eigenvalue weighted by molar-refractivity contribution is 0.515. The van der Waals surface area contributed by atoms with Gasteiger partial charge in [-0.3, -0.25) is 0 Å². The summed E-state index contributed by atoms with van der Waals surface area (Å²) in [5.74, 6) is 0.190. The Morgan fingerprint density at radius 2 is 1.50 bits per heavy atom. The molecule has 242 valence electrons. The van der Waals surface area contributed by atoms with Gasteiger partial charge in [-0.05, 0) is 87.6 Å². The van der Waals surface area contributed by atoms with Crippen molar-refractivity contribution < 1.29 is 0 Å². The smallest absolute Gasteiger partial charge is 0.102 e. The molecule has 1 aromatic heterocycles. The zero-order valence-electron chi connectivity index (χ0n) is 28.8. The Balaban J connectivity index is 1.37. The third-order valence-corrected chi connectivity index (χ3v) is 10.3. The van der Waals surface area contributed by atoms with Crippen molar-refractivity contribution in [3.63, 3.8) is 0 Å². The highest BCUT2D eigenvalue weighted by Gasteiger charge is 2.40. The van der Waals surface area contributed by atoms with Gasteiger partial charge in [-0.1, -0.05) is 85.0 Å². The number of rotatable bonds is 6. The molecule has 1 aliphatic carbocycles. The van der Waals surface area contributed by atoms with Crippen LogP contribution < -0.4 is 4.90 Å². The van der Waals surface area contributed by atoms with E-state index < -0.39 is 0 Å². The maximum Gasteiger partial charge on any atom is 0.102 e. The minimum Gasteiger partial charge on any atom is -0.337 e. The Hall–Kier alpha value is -6.35. The summed E-state index contributed by atoms with van der Waals surface area (Å²) < 4.78 is 2.12. The van der Waals surface area contributed by atoms with E-state index in [2.05, 4.69) is 108 Å². The van der Waals surface area contributed by atoms with E-state index in [0.29, 0.717) is 11.1 Å². The Bertz CT molecular complexity index is 2430. The van der Waals surface area contributed by atoms with Gasteiger partial charge >= 0.3 is 0 Å². The van der Waals surface area contributed by atoms with Crippen molar-refractivity contribution in [2.24, 2.45) is 5.92 Å². The third-order valence-electron chi connectivity index (χ3n) is 10.3. The van der Waals surface area contributed by atoms with Crippen LogP contribution in [0.15, 0.2) is 132 Å². The first kappa shape index (κ1) is 32.2. The molecule has 0 amide bonds. The van der Waals surface area contributed by atoms with Crippen LogP contribution in [-0.4, -0.2) is 10.6 Å². The number of nitrogens with zero attached hydrogens (tertiary/aromatic N) is 5.